The Hall–Kier alpha value is -0.300. The Morgan fingerprint density at radius 1 is 0.833 bits per heavy atom. The first kappa shape index (κ1) is 15.8. The molecule has 100 valence electrons. The van der Waals surface area contributed by atoms with Gasteiger partial charge in [-0.1, -0.05) is 13.8 Å². The van der Waals surface area contributed by atoms with Gasteiger partial charge in [-0.25, -0.2) is 9.97 Å². The Labute approximate surface area is 125 Å². The zero-order valence-electron chi connectivity index (χ0n) is 10.2. The molecule has 0 N–H and O–H groups in total. The van der Waals surface area contributed by atoms with E-state index in [-0.39, 0.29) is 0 Å². The maximum absolute atomic E-state index is 5.51. The van der Waals surface area contributed by atoms with Gasteiger partial charge < -0.3 is 0 Å². The van der Waals surface area contributed by atoms with E-state index in [2.05, 4.69) is 18.7 Å². The highest BCUT2D eigenvalue weighted by Crippen LogP contribution is 2.07. The summed E-state index contributed by atoms with van der Waals surface area (Å²) in [4.78, 5) is 8.25. The summed E-state index contributed by atoms with van der Waals surface area (Å²) >= 11 is 13.8. The van der Waals surface area contributed by atoms with E-state index in [1.807, 2.05) is 13.8 Å². The molecule has 0 unspecified atom stereocenters. The summed E-state index contributed by atoms with van der Waals surface area (Å²) in [6, 6.07) is 0. The highest BCUT2D eigenvalue weighted by atomic mass is 35.5. The van der Waals surface area contributed by atoms with Crippen molar-refractivity contribution in [1.29, 1.82) is 0 Å². The number of nitrogens with zero attached hydrogens (tertiary/aromatic N) is 4. The van der Waals surface area contributed by atoms with Crippen LogP contribution in [0.25, 0.3) is 0 Å². The maximum atomic E-state index is 5.51. The fraction of sp³-hybridized carbons (Fsp3) is 0.600. The van der Waals surface area contributed by atoms with E-state index in [0.29, 0.717) is 11.8 Å². The van der Waals surface area contributed by atoms with Gasteiger partial charge in [0.1, 0.15) is 21.7 Å². The second-order valence-corrected chi connectivity index (χ2v) is 5.39. The molecule has 4 nitrogen and oxygen atoms in total. The Balaban J connectivity index is 0.000000180. The first-order chi connectivity index (χ1) is 8.73. The van der Waals surface area contributed by atoms with E-state index in [1.165, 1.54) is 23.1 Å². The van der Waals surface area contributed by atoms with Crippen molar-refractivity contribution in [3.63, 3.8) is 0 Å². The van der Waals surface area contributed by atoms with Gasteiger partial charge >= 0.3 is 0 Å². The molecule has 2 aromatic heterocycles. The predicted molar refractivity (Wildman–Crippen MR) is 77.7 cm³/mol. The molecule has 2 rings (SSSR count). The Kier molecular flexibility index (Phi) is 7.65. The fourth-order valence-electron chi connectivity index (χ4n) is 0.976. The normalized spacial score (nSPS) is 10.0. The summed E-state index contributed by atoms with van der Waals surface area (Å²) in [5.41, 5.74) is 0. The molecule has 2 aromatic rings. The summed E-state index contributed by atoms with van der Waals surface area (Å²) in [7, 11) is 0. The molecule has 0 aromatic carbocycles. The van der Waals surface area contributed by atoms with Crippen LogP contribution in [0.15, 0.2) is 0 Å². The summed E-state index contributed by atoms with van der Waals surface area (Å²) < 4.78 is 8.10. The highest BCUT2D eigenvalue weighted by Gasteiger charge is 1.98. The van der Waals surface area contributed by atoms with Gasteiger partial charge in [-0.15, -0.1) is 23.2 Å². The third kappa shape index (κ3) is 5.14. The number of rotatable bonds is 4. The van der Waals surface area contributed by atoms with Crippen LogP contribution in [-0.4, -0.2) is 18.7 Å². The van der Waals surface area contributed by atoms with Gasteiger partial charge in [-0.05, 0) is 23.1 Å². The lowest BCUT2D eigenvalue weighted by molar-refractivity contribution is 0.983. The first-order valence-electron chi connectivity index (χ1n) is 5.48. The largest absolute Gasteiger partial charge is 0.223 e. The van der Waals surface area contributed by atoms with Crippen molar-refractivity contribution in [2.45, 2.75) is 38.4 Å². The van der Waals surface area contributed by atoms with Crippen LogP contribution < -0.4 is 0 Å². The molecule has 0 saturated heterocycles. The topological polar surface area (TPSA) is 51.6 Å². The summed E-state index contributed by atoms with van der Waals surface area (Å²) in [6.07, 6.45) is 1.79. The second kappa shape index (κ2) is 8.74. The van der Waals surface area contributed by atoms with Crippen molar-refractivity contribution in [3.8, 4) is 0 Å². The van der Waals surface area contributed by atoms with Gasteiger partial charge in [0.15, 0.2) is 0 Å². The van der Waals surface area contributed by atoms with Crippen LogP contribution in [-0.2, 0) is 24.6 Å². The molecule has 0 atom stereocenters. The maximum Gasteiger partial charge on any atom is 0.142 e. The first-order valence-corrected chi connectivity index (χ1v) is 8.09. The van der Waals surface area contributed by atoms with Crippen LogP contribution in [0.5, 0.6) is 0 Å². The number of aromatic nitrogens is 4. The minimum atomic E-state index is 0.484. The number of hydrogen-bond acceptors (Lipinski definition) is 6. The molecule has 2 heterocycles. The molecule has 0 aliphatic rings. The van der Waals surface area contributed by atoms with Gasteiger partial charge in [-0.3, -0.25) is 0 Å². The zero-order valence-corrected chi connectivity index (χ0v) is 13.3. The summed E-state index contributed by atoms with van der Waals surface area (Å²) in [5, 5.41) is 1.82. The quantitative estimate of drug-likeness (QED) is 0.805. The molecule has 0 fully saturated rings. The van der Waals surface area contributed by atoms with Crippen molar-refractivity contribution in [2.75, 3.05) is 0 Å². The molecule has 0 spiro atoms. The molecule has 0 radical (unpaired) electrons. The van der Waals surface area contributed by atoms with Crippen LogP contribution in [0.4, 0.5) is 0 Å². The SMILES string of the molecule is CCc1nsc(CCl)n1.CCc1nsc(CCl)n1. The van der Waals surface area contributed by atoms with Gasteiger partial charge in [0.25, 0.3) is 0 Å². The number of hydrogen-bond donors (Lipinski definition) is 0. The molecule has 0 saturated carbocycles. The average Bonchev–Trinajstić information content (AvgIpc) is 3.07. The van der Waals surface area contributed by atoms with Gasteiger partial charge in [0.2, 0.25) is 0 Å². The minimum absolute atomic E-state index is 0.484. The smallest absolute Gasteiger partial charge is 0.142 e. The van der Waals surface area contributed by atoms with Crippen molar-refractivity contribution < 1.29 is 0 Å². The van der Waals surface area contributed by atoms with Crippen molar-refractivity contribution >= 4 is 46.3 Å². The van der Waals surface area contributed by atoms with Crippen LogP contribution in [0.2, 0.25) is 0 Å². The third-order valence-corrected chi connectivity index (χ3v) is 4.20. The molecule has 18 heavy (non-hydrogen) atoms. The zero-order chi connectivity index (χ0) is 13.4. The summed E-state index contributed by atoms with van der Waals surface area (Å²) in [6.45, 7) is 4.06. The monoisotopic (exact) mass is 324 g/mol. The molecule has 0 bridgehead atoms. The predicted octanol–water partition coefficient (Wildman–Crippen LogP) is 3.68. The molecule has 0 aliphatic heterocycles. The van der Waals surface area contributed by atoms with E-state index < -0.39 is 0 Å². The van der Waals surface area contributed by atoms with Gasteiger partial charge in [0.05, 0.1) is 11.8 Å². The Bertz CT molecular complexity index is 379. The van der Waals surface area contributed by atoms with Crippen LogP contribution in [0, 0.1) is 0 Å². The highest BCUT2D eigenvalue weighted by molar-refractivity contribution is 7.05. The molecule has 0 aliphatic carbocycles. The van der Waals surface area contributed by atoms with Gasteiger partial charge in [-0.2, -0.15) is 8.75 Å². The standard InChI is InChI=1S/2C5H7ClN2S/c2*1-2-4-7-5(3-6)9-8-4/h2*2-3H2,1H3. The van der Waals surface area contributed by atoms with Crippen molar-refractivity contribution in [2.24, 2.45) is 0 Å². The van der Waals surface area contributed by atoms with E-state index >= 15 is 0 Å². The fourth-order valence-corrected chi connectivity index (χ4v) is 2.54. The lowest BCUT2D eigenvalue weighted by Crippen LogP contribution is -1.81. The minimum Gasteiger partial charge on any atom is -0.223 e. The third-order valence-electron chi connectivity index (χ3n) is 1.88. The number of alkyl halides is 2. The molecule has 8 heteroatoms. The molecule has 0 amide bonds. The molecular formula is C10H14Cl2N4S2. The lowest BCUT2D eigenvalue weighted by atomic mass is 10.5. The summed E-state index contributed by atoms with van der Waals surface area (Å²) in [5.74, 6) is 2.77. The van der Waals surface area contributed by atoms with Crippen LogP contribution >= 0.6 is 46.3 Å². The van der Waals surface area contributed by atoms with E-state index in [1.54, 1.807) is 0 Å². The van der Waals surface area contributed by atoms with Crippen LogP contribution in [0.1, 0.15) is 35.5 Å². The van der Waals surface area contributed by atoms with Crippen LogP contribution in [0.3, 0.4) is 0 Å². The average molecular weight is 325 g/mol. The molecular weight excluding hydrogens is 311 g/mol. The second-order valence-electron chi connectivity index (χ2n) is 3.18. The Morgan fingerprint density at radius 3 is 1.39 bits per heavy atom. The van der Waals surface area contributed by atoms with E-state index in [0.717, 1.165) is 34.5 Å². The number of aryl methyl sites for hydroxylation is 2. The van der Waals surface area contributed by atoms with E-state index in [9.17, 15) is 0 Å². The number of halogens is 2. The van der Waals surface area contributed by atoms with E-state index in [4.69, 9.17) is 23.2 Å². The Morgan fingerprint density at radius 2 is 1.22 bits per heavy atom. The van der Waals surface area contributed by atoms with Crippen molar-refractivity contribution in [3.05, 3.63) is 21.7 Å². The van der Waals surface area contributed by atoms with Crippen molar-refractivity contribution in [1.82, 2.24) is 18.7 Å². The lowest BCUT2D eigenvalue weighted by Gasteiger charge is -1.79. The van der Waals surface area contributed by atoms with Gasteiger partial charge in [0, 0.05) is 12.8 Å².